The summed E-state index contributed by atoms with van der Waals surface area (Å²) in [5.41, 5.74) is 0.728. The van der Waals surface area contributed by atoms with Crippen molar-refractivity contribution in [3.05, 3.63) is 23.8 Å². The maximum absolute atomic E-state index is 9.25. The fourth-order valence-electron chi connectivity index (χ4n) is 0.885. The maximum atomic E-state index is 9.25. The molecular formula is C8H10O2S. The van der Waals surface area contributed by atoms with E-state index in [1.54, 1.807) is 6.07 Å². The van der Waals surface area contributed by atoms with E-state index in [1.165, 1.54) is 12.1 Å². The molecule has 11 heavy (non-hydrogen) atoms. The monoisotopic (exact) mass is 170 g/mol. The molecule has 2 N–H and O–H groups in total. The highest BCUT2D eigenvalue weighted by Gasteiger charge is 2.05. The minimum atomic E-state index is -0.0180. The Bertz CT molecular complexity index is 258. The predicted molar refractivity (Wildman–Crippen MR) is 47.2 cm³/mol. The van der Waals surface area contributed by atoms with Crippen LogP contribution in [0.4, 0.5) is 0 Å². The van der Waals surface area contributed by atoms with Crippen molar-refractivity contribution in [1.29, 1.82) is 0 Å². The van der Waals surface area contributed by atoms with Gasteiger partial charge in [0.2, 0.25) is 0 Å². The van der Waals surface area contributed by atoms with Gasteiger partial charge in [-0.3, -0.25) is 0 Å². The first-order valence-corrected chi connectivity index (χ1v) is 3.83. The molecule has 1 unspecified atom stereocenters. The molecule has 0 saturated carbocycles. The van der Waals surface area contributed by atoms with E-state index >= 15 is 0 Å². The number of thiol groups is 1. The molecule has 0 fully saturated rings. The average molecular weight is 170 g/mol. The summed E-state index contributed by atoms with van der Waals surface area (Å²) in [6, 6.07) is 4.49. The summed E-state index contributed by atoms with van der Waals surface area (Å²) in [5, 5.41) is 18.2. The first-order chi connectivity index (χ1) is 5.11. The lowest BCUT2D eigenvalue weighted by Crippen LogP contribution is -1.84. The van der Waals surface area contributed by atoms with Crippen LogP contribution in [0.2, 0.25) is 0 Å². The van der Waals surface area contributed by atoms with Crippen molar-refractivity contribution in [3.63, 3.8) is 0 Å². The van der Waals surface area contributed by atoms with Gasteiger partial charge in [0, 0.05) is 16.9 Å². The van der Waals surface area contributed by atoms with Gasteiger partial charge in [0.1, 0.15) is 11.5 Å². The van der Waals surface area contributed by atoms with Crippen molar-refractivity contribution in [2.24, 2.45) is 0 Å². The number of aromatic hydroxyl groups is 2. The van der Waals surface area contributed by atoms with Crippen LogP contribution in [0.3, 0.4) is 0 Å². The predicted octanol–water partition coefficient (Wildman–Crippen LogP) is 2.09. The van der Waals surface area contributed by atoms with Gasteiger partial charge < -0.3 is 10.2 Å². The van der Waals surface area contributed by atoms with Crippen molar-refractivity contribution >= 4 is 12.6 Å². The zero-order valence-electron chi connectivity index (χ0n) is 6.15. The molecule has 0 saturated heterocycles. The minimum Gasteiger partial charge on any atom is -0.508 e. The van der Waals surface area contributed by atoms with Crippen LogP contribution in [0.15, 0.2) is 18.2 Å². The second-order valence-corrected chi connectivity index (χ2v) is 3.19. The molecule has 3 heteroatoms. The fourth-order valence-corrected chi connectivity index (χ4v) is 1.10. The Morgan fingerprint density at radius 2 is 2.00 bits per heavy atom. The molecule has 1 atom stereocenters. The highest BCUT2D eigenvalue weighted by atomic mass is 32.1. The van der Waals surface area contributed by atoms with Gasteiger partial charge in [-0.1, -0.05) is 6.07 Å². The first-order valence-electron chi connectivity index (χ1n) is 3.31. The molecular weight excluding hydrogens is 160 g/mol. The third kappa shape index (κ3) is 1.80. The largest absolute Gasteiger partial charge is 0.508 e. The Hall–Kier alpha value is -0.830. The Kier molecular flexibility index (Phi) is 2.29. The molecule has 1 aromatic carbocycles. The van der Waals surface area contributed by atoms with Gasteiger partial charge in [-0.2, -0.15) is 12.6 Å². The fraction of sp³-hybridized carbons (Fsp3) is 0.250. The molecule has 0 radical (unpaired) electrons. The van der Waals surface area contributed by atoms with Crippen LogP contribution in [0.5, 0.6) is 11.5 Å². The number of hydrogen-bond acceptors (Lipinski definition) is 3. The number of phenols is 2. The van der Waals surface area contributed by atoms with Crippen molar-refractivity contribution in [3.8, 4) is 11.5 Å². The molecule has 0 aromatic heterocycles. The molecule has 60 valence electrons. The van der Waals surface area contributed by atoms with E-state index in [-0.39, 0.29) is 16.7 Å². The van der Waals surface area contributed by atoms with Gasteiger partial charge in [-0.15, -0.1) is 0 Å². The summed E-state index contributed by atoms with van der Waals surface area (Å²) in [6.45, 7) is 1.86. The lowest BCUT2D eigenvalue weighted by Gasteiger charge is -2.06. The van der Waals surface area contributed by atoms with Crippen molar-refractivity contribution < 1.29 is 10.2 Å². The first kappa shape index (κ1) is 8.27. The Balaban J connectivity index is 3.09. The Labute approximate surface area is 70.9 Å². The third-order valence-corrected chi connectivity index (χ3v) is 1.74. The molecule has 2 nitrogen and oxygen atoms in total. The van der Waals surface area contributed by atoms with Crippen molar-refractivity contribution in [1.82, 2.24) is 0 Å². The molecule has 1 aromatic rings. The number of benzene rings is 1. The van der Waals surface area contributed by atoms with Crippen LogP contribution < -0.4 is 0 Å². The van der Waals surface area contributed by atoms with E-state index < -0.39 is 0 Å². The van der Waals surface area contributed by atoms with Crippen LogP contribution in [-0.2, 0) is 0 Å². The van der Waals surface area contributed by atoms with Crippen LogP contribution >= 0.6 is 12.6 Å². The molecule has 0 aliphatic carbocycles. The zero-order chi connectivity index (χ0) is 8.43. The summed E-state index contributed by atoms with van der Waals surface area (Å²) >= 11 is 4.15. The van der Waals surface area contributed by atoms with Crippen molar-refractivity contribution in [2.45, 2.75) is 12.2 Å². The summed E-state index contributed by atoms with van der Waals surface area (Å²) < 4.78 is 0. The molecule has 1 rings (SSSR count). The summed E-state index contributed by atoms with van der Waals surface area (Å²) in [5.74, 6) is 0.160. The normalized spacial score (nSPS) is 12.9. The topological polar surface area (TPSA) is 40.5 Å². The second kappa shape index (κ2) is 3.05. The van der Waals surface area contributed by atoms with Gasteiger partial charge in [-0.25, -0.2) is 0 Å². The summed E-state index contributed by atoms with van der Waals surface area (Å²) in [7, 11) is 0. The van der Waals surface area contributed by atoms with Crippen LogP contribution in [0, 0.1) is 0 Å². The zero-order valence-corrected chi connectivity index (χ0v) is 7.05. The van der Waals surface area contributed by atoms with E-state index in [4.69, 9.17) is 5.11 Å². The van der Waals surface area contributed by atoms with Crippen molar-refractivity contribution in [2.75, 3.05) is 0 Å². The van der Waals surface area contributed by atoms with E-state index in [1.807, 2.05) is 6.92 Å². The van der Waals surface area contributed by atoms with Gasteiger partial charge in [0.15, 0.2) is 0 Å². The Morgan fingerprint density at radius 1 is 1.36 bits per heavy atom. The molecule has 0 heterocycles. The highest BCUT2D eigenvalue weighted by molar-refractivity contribution is 7.80. The lowest BCUT2D eigenvalue weighted by molar-refractivity contribution is 0.446. The minimum absolute atomic E-state index is 0.0180. The lowest BCUT2D eigenvalue weighted by atomic mass is 10.1. The maximum Gasteiger partial charge on any atom is 0.123 e. The third-order valence-electron chi connectivity index (χ3n) is 1.46. The van der Waals surface area contributed by atoms with E-state index in [9.17, 15) is 5.11 Å². The Morgan fingerprint density at radius 3 is 2.45 bits per heavy atom. The molecule has 0 aliphatic heterocycles. The van der Waals surface area contributed by atoms with Gasteiger partial charge >= 0.3 is 0 Å². The number of phenolic OH excluding ortho intramolecular Hbond substituents is 2. The van der Waals surface area contributed by atoms with Crippen LogP contribution in [0.1, 0.15) is 17.7 Å². The van der Waals surface area contributed by atoms with E-state index in [0.717, 1.165) is 5.56 Å². The second-order valence-electron chi connectivity index (χ2n) is 2.42. The van der Waals surface area contributed by atoms with Gasteiger partial charge in [-0.05, 0) is 13.0 Å². The van der Waals surface area contributed by atoms with Gasteiger partial charge in [0.05, 0.1) is 0 Å². The standard InChI is InChI=1S/C8H10O2S/c1-5(11)7-3-2-6(9)4-8(7)10/h2-5,9-11H,1H3. The molecule has 0 aliphatic rings. The molecule has 0 amide bonds. The SMILES string of the molecule is CC(S)c1ccc(O)cc1O. The molecule has 0 bridgehead atoms. The number of hydrogen-bond donors (Lipinski definition) is 3. The van der Waals surface area contributed by atoms with Crippen LogP contribution in [0.25, 0.3) is 0 Å². The highest BCUT2D eigenvalue weighted by Crippen LogP contribution is 2.30. The van der Waals surface area contributed by atoms with E-state index in [0.29, 0.717) is 0 Å². The summed E-state index contributed by atoms with van der Waals surface area (Å²) in [6.07, 6.45) is 0. The number of rotatable bonds is 1. The molecule has 0 spiro atoms. The summed E-state index contributed by atoms with van der Waals surface area (Å²) in [4.78, 5) is 0. The van der Waals surface area contributed by atoms with Gasteiger partial charge in [0.25, 0.3) is 0 Å². The van der Waals surface area contributed by atoms with E-state index in [2.05, 4.69) is 12.6 Å². The smallest absolute Gasteiger partial charge is 0.123 e. The van der Waals surface area contributed by atoms with Crippen LogP contribution in [-0.4, -0.2) is 10.2 Å². The quantitative estimate of drug-likeness (QED) is 0.565. The average Bonchev–Trinajstić information content (AvgIpc) is 1.85.